The summed E-state index contributed by atoms with van der Waals surface area (Å²) in [6.07, 6.45) is 3.98. The van der Waals surface area contributed by atoms with Gasteiger partial charge in [-0.05, 0) is 37.2 Å². The molecular formula is C15H19N3O2S. The van der Waals surface area contributed by atoms with Gasteiger partial charge in [-0.15, -0.1) is 11.3 Å². The highest BCUT2D eigenvalue weighted by Gasteiger charge is 2.22. The summed E-state index contributed by atoms with van der Waals surface area (Å²) in [5.74, 6) is 0.347. The van der Waals surface area contributed by atoms with E-state index in [4.69, 9.17) is 0 Å². The van der Waals surface area contributed by atoms with Crippen LogP contribution in [-0.2, 0) is 12.8 Å². The topological polar surface area (TPSA) is 74.8 Å². The number of carbonyl (C=O) groups is 1. The van der Waals surface area contributed by atoms with Crippen LogP contribution in [0.25, 0.3) is 10.2 Å². The largest absolute Gasteiger partial charge is 0.349 e. The molecule has 21 heavy (non-hydrogen) atoms. The zero-order chi connectivity index (χ0) is 15.0. The summed E-state index contributed by atoms with van der Waals surface area (Å²) < 4.78 is 0. The number of hydrogen-bond acceptors (Lipinski definition) is 4. The molecule has 1 aliphatic rings. The molecule has 0 aromatic carbocycles. The van der Waals surface area contributed by atoms with Gasteiger partial charge in [0.1, 0.15) is 4.83 Å². The average molecular weight is 305 g/mol. The Hall–Kier alpha value is -1.69. The van der Waals surface area contributed by atoms with Crippen LogP contribution in [0.4, 0.5) is 0 Å². The van der Waals surface area contributed by atoms with Crippen molar-refractivity contribution in [3.8, 4) is 0 Å². The van der Waals surface area contributed by atoms with Crippen LogP contribution in [0.3, 0.4) is 0 Å². The average Bonchev–Trinajstić information content (AvgIpc) is 2.97. The summed E-state index contributed by atoms with van der Waals surface area (Å²) in [5.41, 5.74) is 0.948. The molecule has 0 saturated heterocycles. The molecule has 112 valence electrons. The van der Waals surface area contributed by atoms with Gasteiger partial charge in [-0.2, -0.15) is 0 Å². The minimum atomic E-state index is -0.303. The lowest BCUT2D eigenvalue weighted by Gasteiger charge is -2.06. The van der Waals surface area contributed by atoms with Gasteiger partial charge in [-0.25, -0.2) is 4.98 Å². The molecule has 1 amide bonds. The molecule has 0 aliphatic heterocycles. The fraction of sp³-hybridized carbons (Fsp3) is 0.533. The predicted molar refractivity (Wildman–Crippen MR) is 84.1 cm³/mol. The van der Waals surface area contributed by atoms with Crippen molar-refractivity contribution in [3.05, 3.63) is 26.6 Å². The number of aromatic amines is 1. The molecule has 2 N–H and O–H groups in total. The first-order valence-corrected chi connectivity index (χ1v) is 8.20. The van der Waals surface area contributed by atoms with Gasteiger partial charge in [0.2, 0.25) is 5.82 Å². The minimum Gasteiger partial charge on any atom is -0.349 e. The lowest BCUT2D eigenvalue weighted by molar-refractivity contribution is 0.0941. The van der Waals surface area contributed by atoms with Crippen LogP contribution in [0, 0.1) is 5.92 Å². The molecule has 5 nitrogen and oxygen atoms in total. The molecular weight excluding hydrogens is 286 g/mol. The van der Waals surface area contributed by atoms with Gasteiger partial charge < -0.3 is 10.3 Å². The number of rotatable bonds is 4. The molecule has 0 unspecified atom stereocenters. The first-order valence-electron chi connectivity index (χ1n) is 7.39. The molecule has 1 aliphatic carbocycles. The molecule has 0 radical (unpaired) electrons. The number of aryl methyl sites for hydroxylation is 2. The second-order valence-electron chi connectivity index (χ2n) is 5.89. The Kier molecular flexibility index (Phi) is 3.80. The van der Waals surface area contributed by atoms with Crippen LogP contribution in [0.2, 0.25) is 0 Å². The van der Waals surface area contributed by atoms with Crippen LogP contribution in [0.1, 0.15) is 47.7 Å². The molecule has 0 fully saturated rings. The normalized spacial score (nSPS) is 13.9. The van der Waals surface area contributed by atoms with Crippen molar-refractivity contribution in [1.29, 1.82) is 0 Å². The number of fused-ring (bicyclic) bond motifs is 3. The SMILES string of the molecule is CC(C)CCNC(=O)c1nc2sc3c(c2c(=O)[nH]1)CCC3. The summed E-state index contributed by atoms with van der Waals surface area (Å²) in [4.78, 5) is 33.2. The fourth-order valence-electron chi connectivity index (χ4n) is 2.67. The standard InChI is InChI=1S/C15H19N3O2S/c1-8(2)6-7-16-14(20)12-17-13(19)11-9-4-3-5-10(9)21-15(11)18-12/h8H,3-7H2,1-2H3,(H,16,20)(H,17,18,19). The third-order valence-electron chi connectivity index (χ3n) is 3.80. The molecule has 2 heterocycles. The van der Waals surface area contributed by atoms with Crippen LogP contribution in [-0.4, -0.2) is 22.4 Å². The second kappa shape index (κ2) is 5.60. The van der Waals surface area contributed by atoms with Gasteiger partial charge in [0, 0.05) is 11.4 Å². The Labute approximate surface area is 126 Å². The molecule has 2 aromatic heterocycles. The van der Waals surface area contributed by atoms with E-state index in [1.54, 1.807) is 11.3 Å². The van der Waals surface area contributed by atoms with Crippen molar-refractivity contribution in [1.82, 2.24) is 15.3 Å². The maximum absolute atomic E-state index is 12.2. The maximum Gasteiger partial charge on any atom is 0.287 e. The summed E-state index contributed by atoms with van der Waals surface area (Å²) in [6.45, 7) is 4.80. The molecule has 0 saturated carbocycles. The van der Waals surface area contributed by atoms with Crippen molar-refractivity contribution in [2.75, 3.05) is 6.54 Å². The van der Waals surface area contributed by atoms with E-state index in [0.717, 1.165) is 31.2 Å². The van der Waals surface area contributed by atoms with E-state index in [1.165, 1.54) is 4.88 Å². The van der Waals surface area contributed by atoms with Gasteiger partial charge in [0.15, 0.2) is 0 Å². The van der Waals surface area contributed by atoms with E-state index in [9.17, 15) is 9.59 Å². The van der Waals surface area contributed by atoms with E-state index in [2.05, 4.69) is 29.1 Å². The smallest absolute Gasteiger partial charge is 0.287 e. The molecule has 0 bridgehead atoms. The monoisotopic (exact) mass is 305 g/mol. The number of nitrogens with zero attached hydrogens (tertiary/aromatic N) is 1. The van der Waals surface area contributed by atoms with Crippen LogP contribution < -0.4 is 10.9 Å². The van der Waals surface area contributed by atoms with Crippen molar-refractivity contribution in [2.24, 2.45) is 5.92 Å². The number of carbonyl (C=O) groups excluding carboxylic acids is 1. The third-order valence-corrected chi connectivity index (χ3v) is 4.98. The highest BCUT2D eigenvalue weighted by atomic mass is 32.1. The molecule has 2 aromatic rings. The molecule has 3 rings (SSSR count). The zero-order valence-electron chi connectivity index (χ0n) is 12.3. The summed E-state index contributed by atoms with van der Waals surface area (Å²) >= 11 is 1.55. The first kappa shape index (κ1) is 14.3. The second-order valence-corrected chi connectivity index (χ2v) is 6.97. The van der Waals surface area contributed by atoms with Crippen LogP contribution in [0.15, 0.2) is 4.79 Å². The Morgan fingerprint density at radius 2 is 2.24 bits per heavy atom. The fourth-order valence-corrected chi connectivity index (χ4v) is 3.93. The Morgan fingerprint density at radius 1 is 1.43 bits per heavy atom. The van der Waals surface area contributed by atoms with Gasteiger partial charge in [-0.3, -0.25) is 9.59 Å². The number of hydrogen-bond donors (Lipinski definition) is 2. The molecule has 0 atom stereocenters. The number of thiophene rings is 1. The Balaban J connectivity index is 1.87. The summed E-state index contributed by atoms with van der Waals surface area (Å²) in [7, 11) is 0. The Morgan fingerprint density at radius 3 is 3.00 bits per heavy atom. The minimum absolute atomic E-state index is 0.121. The number of nitrogens with one attached hydrogen (secondary N) is 2. The van der Waals surface area contributed by atoms with Gasteiger partial charge in [-0.1, -0.05) is 13.8 Å². The van der Waals surface area contributed by atoms with E-state index in [1.807, 2.05) is 0 Å². The quantitative estimate of drug-likeness (QED) is 0.909. The number of aromatic nitrogens is 2. The highest BCUT2D eigenvalue weighted by Crippen LogP contribution is 2.34. The van der Waals surface area contributed by atoms with Gasteiger partial charge in [0.25, 0.3) is 11.5 Å². The van der Waals surface area contributed by atoms with Crippen molar-refractivity contribution < 1.29 is 4.79 Å². The molecule has 6 heteroatoms. The van der Waals surface area contributed by atoms with Crippen LogP contribution >= 0.6 is 11.3 Å². The lowest BCUT2D eigenvalue weighted by Crippen LogP contribution is -2.29. The third kappa shape index (κ3) is 2.72. The van der Waals surface area contributed by atoms with Crippen molar-refractivity contribution >= 4 is 27.5 Å². The van der Waals surface area contributed by atoms with E-state index in [-0.39, 0.29) is 17.3 Å². The highest BCUT2D eigenvalue weighted by molar-refractivity contribution is 7.18. The van der Waals surface area contributed by atoms with Crippen molar-refractivity contribution in [2.45, 2.75) is 39.5 Å². The number of amides is 1. The van der Waals surface area contributed by atoms with Crippen molar-refractivity contribution in [3.63, 3.8) is 0 Å². The first-order chi connectivity index (χ1) is 10.1. The van der Waals surface area contributed by atoms with Gasteiger partial charge in [0.05, 0.1) is 5.39 Å². The predicted octanol–water partition coefficient (Wildman–Crippen LogP) is 2.25. The summed E-state index contributed by atoms with van der Waals surface area (Å²) in [5, 5.41) is 3.49. The zero-order valence-corrected chi connectivity index (χ0v) is 13.1. The lowest BCUT2D eigenvalue weighted by atomic mass is 10.1. The maximum atomic E-state index is 12.2. The number of H-pyrrole nitrogens is 1. The Bertz CT molecular complexity index is 745. The molecule has 0 spiro atoms. The summed E-state index contributed by atoms with van der Waals surface area (Å²) in [6, 6.07) is 0. The van der Waals surface area contributed by atoms with Gasteiger partial charge >= 0.3 is 0 Å². The van der Waals surface area contributed by atoms with Crippen LogP contribution in [0.5, 0.6) is 0 Å². The van der Waals surface area contributed by atoms with E-state index >= 15 is 0 Å². The van der Waals surface area contributed by atoms with E-state index in [0.29, 0.717) is 22.7 Å². The van der Waals surface area contributed by atoms with E-state index < -0.39 is 0 Å².